The van der Waals surface area contributed by atoms with E-state index in [1.54, 1.807) is 24.3 Å². The highest BCUT2D eigenvalue weighted by Crippen LogP contribution is 2.34. The summed E-state index contributed by atoms with van der Waals surface area (Å²) in [5.74, 6) is -5.62. The number of unbranched alkanes of at least 4 members (excludes halogenated alkanes) is 5. The second-order valence-corrected chi connectivity index (χ2v) is 14.7. The Kier molecular flexibility index (Phi) is 23.6. The first-order valence-electron chi connectivity index (χ1n) is 20.2. The number of carboxylic acid groups (broad SMARTS) is 1. The van der Waals surface area contributed by atoms with E-state index in [1.165, 1.54) is 0 Å². The van der Waals surface area contributed by atoms with Gasteiger partial charge in [0.2, 0.25) is 11.8 Å². The van der Waals surface area contributed by atoms with Crippen LogP contribution in [-0.4, -0.2) is 152 Å². The van der Waals surface area contributed by atoms with Gasteiger partial charge in [-0.15, -0.1) is 0 Å². The first kappa shape index (κ1) is 51.5. The van der Waals surface area contributed by atoms with Gasteiger partial charge in [-0.3, -0.25) is 19.2 Å². The summed E-state index contributed by atoms with van der Waals surface area (Å²) in [6.07, 6.45) is -2.95. The number of amides is 2. The molecule has 1 aliphatic heterocycles. The number of anilines is 2. The monoisotopic (exact) mass is 889 g/mol. The zero-order valence-corrected chi connectivity index (χ0v) is 34.8. The van der Waals surface area contributed by atoms with Gasteiger partial charge in [0.05, 0.1) is 51.1 Å². The van der Waals surface area contributed by atoms with Crippen molar-refractivity contribution in [2.75, 3.05) is 83.2 Å². The number of nitrogens with one attached hydrogen (secondary N) is 4. The number of carbonyl (C=O) groups excluding carboxylic acids is 2. The summed E-state index contributed by atoms with van der Waals surface area (Å²) < 4.78 is 22.2. The third-order valence-electron chi connectivity index (χ3n) is 9.57. The molecule has 22 heteroatoms. The van der Waals surface area contributed by atoms with Gasteiger partial charge in [0.25, 0.3) is 16.6 Å². The van der Waals surface area contributed by atoms with E-state index < -0.39 is 84.5 Å². The highest BCUT2D eigenvalue weighted by Gasteiger charge is 2.55. The number of carboxylic acids is 1. The molecule has 344 valence electrons. The fourth-order valence-corrected chi connectivity index (χ4v) is 6.38. The van der Waals surface area contributed by atoms with Gasteiger partial charge >= 0.3 is 5.97 Å². The fraction of sp³-hybridized carbons (Fsp3) is 0.667. The maximum atomic E-state index is 12.5. The molecule has 6 atom stereocenters. The number of rotatable bonds is 33. The Labute approximate surface area is 357 Å². The zero-order valence-electron chi connectivity index (χ0n) is 34.0. The lowest BCUT2D eigenvalue weighted by atomic mass is 9.88. The van der Waals surface area contributed by atoms with Gasteiger partial charge in [-0.25, -0.2) is 14.6 Å². The Morgan fingerprint density at radius 2 is 1.49 bits per heavy atom. The Balaban J connectivity index is 1.38. The molecule has 0 aromatic heterocycles. The number of halogens is 1. The normalized spacial score (nSPS) is 19.9. The third kappa shape index (κ3) is 17.5. The molecule has 0 aliphatic carbocycles. The molecule has 2 amide bonds. The Morgan fingerprint density at radius 3 is 2.18 bits per heavy atom. The number of ether oxygens (including phenoxy) is 4. The average molecular weight is 890 g/mol. The van der Waals surface area contributed by atoms with Gasteiger partial charge < -0.3 is 71.5 Å². The van der Waals surface area contributed by atoms with E-state index in [0.717, 1.165) is 19.3 Å². The smallest absolute Gasteiger partial charge is 0.364 e. The van der Waals surface area contributed by atoms with Gasteiger partial charge in [0.15, 0.2) is 6.73 Å². The molecule has 2 aromatic rings. The molecule has 11 N–H and O–H groups in total. The van der Waals surface area contributed by atoms with Crippen molar-refractivity contribution in [2.45, 2.75) is 94.0 Å². The molecule has 1 heterocycles. The van der Waals surface area contributed by atoms with Crippen molar-refractivity contribution in [3.63, 3.8) is 0 Å². The summed E-state index contributed by atoms with van der Waals surface area (Å²) in [5.41, 5.74) is 4.90. The van der Waals surface area contributed by atoms with Crippen LogP contribution in [0.15, 0.2) is 33.9 Å². The molecule has 0 bridgehead atoms. The van der Waals surface area contributed by atoms with Crippen molar-refractivity contribution in [3.8, 4) is 0 Å². The Bertz CT molecular complexity index is 1680. The fourth-order valence-electron chi connectivity index (χ4n) is 6.26. The van der Waals surface area contributed by atoms with Crippen molar-refractivity contribution in [2.24, 2.45) is 5.73 Å². The Hall–Kier alpha value is -3.84. The van der Waals surface area contributed by atoms with Crippen molar-refractivity contribution in [3.05, 3.63) is 55.3 Å². The van der Waals surface area contributed by atoms with E-state index in [9.17, 15) is 49.5 Å². The maximum absolute atomic E-state index is 12.5. The molecule has 3 rings (SSSR count). The number of carbonyl (C=O) groups is 3. The third-order valence-corrected chi connectivity index (χ3v) is 9.82. The minimum atomic E-state index is -2.50. The maximum Gasteiger partial charge on any atom is 0.364 e. The van der Waals surface area contributed by atoms with Crippen LogP contribution in [0.25, 0.3) is 0 Å². The van der Waals surface area contributed by atoms with Crippen LogP contribution in [0.2, 0.25) is 5.02 Å². The van der Waals surface area contributed by atoms with Gasteiger partial charge in [-0.1, -0.05) is 36.6 Å². The Morgan fingerprint density at radius 1 is 0.852 bits per heavy atom. The van der Waals surface area contributed by atoms with E-state index in [0.29, 0.717) is 69.2 Å². The lowest BCUT2D eigenvalue weighted by Crippen LogP contribution is -2.68. The minimum Gasteiger partial charge on any atom is -0.477 e. The van der Waals surface area contributed by atoms with Gasteiger partial charge in [0.1, 0.15) is 36.8 Å². The number of benzene rings is 1. The van der Waals surface area contributed by atoms with E-state index in [2.05, 4.69) is 21.3 Å². The molecule has 2 aromatic carbocycles. The van der Waals surface area contributed by atoms with Crippen LogP contribution in [0, 0.1) is 0 Å². The van der Waals surface area contributed by atoms with Crippen LogP contribution in [0.3, 0.4) is 0 Å². The molecular formula is C39H60ClN5O16. The molecule has 21 nitrogen and oxygen atoms in total. The van der Waals surface area contributed by atoms with E-state index >= 15 is 0 Å². The molecule has 1 saturated heterocycles. The van der Waals surface area contributed by atoms with E-state index in [4.69, 9.17) is 46.1 Å². The van der Waals surface area contributed by atoms with E-state index in [-0.39, 0.29) is 44.3 Å². The SMILES string of the molecule is NCCCCCOCCOCCOOCNc1c(NCCCCCCO[C@]2(C(=O)O)C[C@H](O)[C@@H](NC(=O)CO)[C@H]([C@H](O)[C@H](O)CNC(=O)Cc3ccc(Cl)cc3)O2)c(=O)c1=O. The minimum absolute atomic E-state index is 0.0727. The highest BCUT2D eigenvalue weighted by atomic mass is 35.5. The summed E-state index contributed by atoms with van der Waals surface area (Å²) >= 11 is 5.88. The van der Waals surface area contributed by atoms with Crippen molar-refractivity contribution < 1.29 is 68.6 Å². The first-order chi connectivity index (χ1) is 29.3. The summed E-state index contributed by atoms with van der Waals surface area (Å²) in [5, 5.41) is 63.2. The van der Waals surface area contributed by atoms with Crippen LogP contribution in [0.5, 0.6) is 0 Å². The molecule has 61 heavy (non-hydrogen) atoms. The lowest BCUT2D eigenvalue weighted by molar-refractivity contribution is -0.310. The number of hydrogen-bond acceptors (Lipinski definition) is 18. The van der Waals surface area contributed by atoms with E-state index in [1.807, 2.05) is 0 Å². The summed E-state index contributed by atoms with van der Waals surface area (Å²) in [6, 6.07) is 5.00. The summed E-state index contributed by atoms with van der Waals surface area (Å²) in [4.78, 5) is 71.3. The molecule has 0 unspecified atom stereocenters. The lowest BCUT2D eigenvalue weighted by Gasteiger charge is -2.46. The average Bonchev–Trinajstić information content (AvgIpc) is 3.25. The molecule has 1 aliphatic rings. The predicted octanol–water partition coefficient (Wildman–Crippen LogP) is -1.11. The number of hydrogen-bond donors (Lipinski definition) is 10. The van der Waals surface area contributed by atoms with Gasteiger partial charge in [-0.2, -0.15) is 0 Å². The summed E-state index contributed by atoms with van der Waals surface area (Å²) in [7, 11) is 0. The van der Waals surface area contributed by atoms with Crippen LogP contribution >= 0.6 is 11.6 Å². The standard InChI is InChI=1S/C39H60ClN5O16/c40-26-10-8-25(9-11-26)20-29(49)43-22-28(48)34(51)37-31(45-30(50)23-46)27(47)21-39(61-37,38(54)55)58-15-7-2-1-5-13-42-32-33(36(53)35(32)52)44-24-60-59-19-18-57-17-16-56-14-6-3-4-12-41/h8-11,27-28,31,34,37,42,44,46-48,51H,1-7,12-24,41H2,(H,43,49)(H,45,50)(H,54,55)/t27-,28+,31+,34+,37+,39+/m0/s1. The number of aliphatic hydroxyl groups is 4. The topological polar surface area (TPSA) is 316 Å². The number of aliphatic carboxylic acids is 1. The van der Waals surface area contributed by atoms with Crippen molar-refractivity contribution in [1.29, 1.82) is 0 Å². The summed E-state index contributed by atoms with van der Waals surface area (Å²) in [6.45, 7) is 1.09. The quantitative estimate of drug-likeness (QED) is 0.0134. The second-order valence-electron chi connectivity index (χ2n) is 14.3. The zero-order chi connectivity index (χ0) is 44.6. The van der Waals surface area contributed by atoms with Crippen molar-refractivity contribution >= 4 is 40.8 Å². The molecule has 0 spiro atoms. The predicted molar refractivity (Wildman–Crippen MR) is 219 cm³/mol. The van der Waals surface area contributed by atoms with Gasteiger partial charge in [0, 0.05) is 31.1 Å². The molecule has 1 fully saturated rings. The second kappa shape index (κ2) is 28.0. The van der Waals surface area contributed by atoms with Gasteiger partial charge in [-0.05, 0) is 56.3 Å². The molecule has 0 radical (unpaired) electrons. The van der Waals surface area contributed by atoms with Crippen LogP contribution in [0.1, 0.15) is 56.9 Å². The van der Waals surface area contributed by atoms with Crippen LogP contribution < -0.4 is 37.9 Å². The number of nitrogens with two attached hydrogens (primary N) is 1. The molecular weight excluding hydrogens is 830 g/mol. The van der Waals surface area contributed by atoms with Crippen molar-refractivity contribution in [1.82, 2.24) is 10.6 Å². The highest BCUT2D eigenvalue weighted by molar-refractivity contribution is 6.30. The van der Waals surface area contributed by atoms with Crippen LogP contribution in [-0.2, 0) is 49.5 Å². The first-order valence-corrected chi connectivity index (χ1v) is 20.6. The molecule has 0 saturated carbocycles. The largest absolute Gasteiger partial charge is 0.477 e. The number of aliphatic hydroxyl groups excluding tert-OH is 4. The van der Waals surface area contributed by atoms with Crippen LogP contribution in [0.4, 0.5) is 11.4 Å².